The predicted molar refractivity (Wildman–Crippen MR) is 56.3 cm³/mol. The Morgan fingerprint density at radius 1 is 1.53 bits per heavy atom. The Morgan fingerprint density at radius 2 is 2.40 bits per heavy atom. The summed E-state index contributed by atoms with van der Waals surface area (Å²) < 4.78 is 0. The molecule has 0 spiro atoms. The molecule has 0 unspecified atom stereocenters. The molecule has 0 bridgehead atoms. The Bertz CT molecular complexity index is 425. The monoisotopic (exact) mass is 203 g/mol. The van der Waals surface area contributed by atoms with Crippen molar-refractivity contribution in [1.29, 1.82) is 0 Å². The van der Waals surface area contributed by atoms with E-state index in [4.69, 9.17) is 0 Å². The van der Waals surface area contributed by atoms with Gasteiger partial charge in [0.25, 0.3) is 0 Å². The summed E-state index contributed by atoms with van der Waals surface area (Å²) in [4.78, 5) is 11.0. The first-order valence-corrected chi connectivity index (χ1v) is 4.93. The maximum absolute atomic E-state index is 10.1. The SMILES string of the molecule is CCc1ncccc1[C@H](O)c1cnc[nH]1. The third kappa shape index (κ3) is 1.89. The molecular weight excluding hydrogens is 190 g/mol. The fourth-order valence-corrected chi connectivity index (χ4v) is 1.58. The van der Waals surface area contributed by atoms with Crippen molar-refractivity contribution in [2.75, 3.05) is 0 Å². The van der Waals surface area contributed by atoms with Gasteiger partial charge in [-0.3, -0.25) is 4.98 Å². The van der Waals surface area contributed by atoms with Gasteiger partial charge in [0, 0.05) is 17.5 Å². The third-order valence-electron chi connectivity index (χ3n) is 2.37. The van der Waals surface area contributed by atoms with Crippen LogP contribution in [-0.4, -0.2) is 20.1 Å². The van der Waals surface area contributed by atoms with Gasteiger partial charge in [-0.25, -0.2) is 4.98 Å². The van der Waals surface area contributed by atoms with Gasteiger partial charge < -0.3 is 10.1 Å². The van der Waals surface area contributed by atoms with Gasteiger partial charge in [0.05, 0.1) is 18.2 Å². The molecule has 1 atom stereocenters. The Balaban J connectivity index is 2.37. The second-order valence-corrected chi connectivity index (χ2v) is 3.30. The number of aromatic amines is 1. The summed E-state index contributed by atoms with van der Waals surface area (Å²) in [5, 5.41) is 10.1. The number of aromatic nitrogens is 3. The number of H-pyrrole nitrogens is 1. The van der Waals surface area contributed by atoms with E-state index >= 15 is 0 Å². The number of imidazole rings is 1. The van der Waals surface area contributed by atoms with E-state index in [1.807, 2.05) is 19.1 Å². The Kier molecular flexibility index (Phi) is 2.78. The molecule has 2 N–H and O–H groups in total. The van der Waals surface area contributed by atoms with Crippen molar-refractivity contribution in [3.63, 3.8) is 0 Å². The van der Waals surface area contributed by atoms with Crippen LogP contribution < -0.4 is 0 Å². The number of nitrogens with zero attached hydrogens (tertiary/aromatic N) is 2. The molecule has 4 nitrogen and oxygen atoms in total. The van der Waals surface area contributed by atoms with E-state index in [9.17, 15) is 5.11 Å². The zero-order valence-electron chi connectivity index (χ0n) is 8.51. The molecule has 0 amide bonds. The van der Waals surface area contributed by atoms with Crippen LogP contribution in [0.5, 0.6) is 0 Å². The smallest absolute Gasteiger partial charge is 0.122 e. The number of hydrogen-bond donors (Lipinski definition) is 2. The van der Waals surface area contributed by atoms with Crippen molar-refractivity contribution in [2.24, 2.45) is 0 Å². The van der Waals surface area contributed by atoms with Crippen molar-refractivity contribution >= 4 is 0 Å². The lowest BCUT2D eigenvalue weighted by atomic mass is 10.0. The first-order valence-electron chi connectivity index (χ1n) is 4.93. The third-order valence-corrected chi connectivity index (χ3v) is 2.37. The van der Waals surface area contributed by atoms with Crippen molar-refractivity contribution in [2.45, 2.75) is 19.4 Å². The van der Waals surface area contributed by atoms with Crippen LogP contribution >= 0.6 is 0 Å². The summed E-state index contributed by atoms with van der Waals surface area (Å²) in [6.07, 6.45) is 5.05. The topological polar surface area (TPSA) is 61.8 Å². The number of rotatable bonds is 3. The van der Waals surface area contributed by atoms with E-state index in [1.165, 1.54) is 0 Å². The molecule has 15 heavy (non-hydrogen) atoms. The molecular formula is C11H13N3O. The van der Waals surface area contributed by atoms with E-state index in [0.29, 0.717) is 5.69 Å². The second-order valence-electron chi connectivity index (χ2n) is 3.30. The largest absolute Gasteiger partial charge is 0.382 e. The quantitative estimate of drug-likeness (QED) is 0.793. The summed E-state index contributed by atoms with van der Waals surface area (Å²) in [5.74, 6) is 0. The zero-order valence-corrected chi connectivity index (χ0v) is 8.51. The molecule has 2 rings (SSSR count). The Hall–Kier alpha value is -1.68. The minimum absolute atomic E-state index is 0.670. The first-order chi connectivity index (χ1) is 7.33. The average molecular weight is 203 g/mol. The molecule has 0 saturated carbocycles. The van der Waals surface area contributed by atoms with Gasteiger partial charge in [-0.1, -0.05) is 13.0 Å². The molecule has 0 fully saturated rings. The lowest BCUT2D eigenvalue weighted by molar-refractivity contribution is 0.214. The lowest BCUT2D eigenvalue weighted by Crippen LogP contribution is -2.05. The predicted octanol–water partition coefficient (Wildman–Crippen LogP) is 1.45. The van der Waals surface area contributed by atoms with Crippen molar-refractivity contribution in [3.05, 3.63) is 47.8 Å². The summed E-state index contributed by atoms with van der Waals surface area (Å²) in [7, 11) is 0. The van der Waals surface area contributed by atoms with Crippen LogP contribution in [0.4, 0.5) is 0 Å². The van der Waals surface area contributed by atoms with Crippen molar-refractivity contribution in [1.82, 2.24) is 15.0 Å². The van der Waals surface area contributed by atoms with Gasteiger partial charge in [-0.15, -0.1) is 0 Å². The van der Waals surface area contributed by atoms with Crippen LogP contribution in [0.2, 0.25) is 0 Å². The van der Waals surface area contributed by atoms with Gasteiger partial charge in [-0.2, -0.15) is 0 Å². The highest BCUT2D eigenvalue weighted by molar-refractivity contribution is 5.28. The van der Waals surface area contributed by atoms with Crippen LogP contribution in [0.1, 0.15) is 30.0 Å². The van der Waals surface area contributed by atoms with Crippen LogP contribution in [0.15, 0.2) is 30.9 Å². The van der Waals surface area contributed by atoms with Crippen LogP contribution in [-0.2, 0) is 6.42 Å². The molecule has 2 aromatic rings. The highest BCUT2D eigenvalue weighted by atomic mass is 16.3. The highest BCUT2D eigenvalue weighted by Crippen LogP contribution is 2.21. The number of nitrogens with one attached hydrogen (secondary N) is 1. The first kappa shape index (κ1) is 9.86. The second kappa shape index (κ2) is 4.23. The number of aliphatic hydroxyl groups is 1. The Labute approximate surface area is 88.0 Å². The highest BCUT2D eigenvalue weighted by Gasteiger charge is 2.14. The maximum atomic E-state index is 10.1. The molecule has 0 aliphatic carbocycles. The Morgan fingerprint density at radius 3 is 3.07 bits per heavy atom. The summed E-state index contributed by atoms with van der Waals surface area (Å²) in [6.45, 7) is 2.02. The van der Waals surface area contributed by atoms with Crippen molar-refractivity contribution in [3.8, 4) is 0 Å². The standard InChI is InChI=1S/C11H13N3O/c1-2-9-8(4-3-5-13-9)11(15)10-6-12-7-14-10/h3-7,11,15H,2H2,1H3,(H,12,14)/t11-/m0/s1. The van der Waals surface area contributed by atoms with E-state index in [1.54, 1.807) is 18.7 Å². The molecule has 0 aromatic carbocycles. The molecule has 78 valence electrons. The van der Waals surface area contributed by atoms with Crippen LogP contribution in [0.3, 0.4) is 0 Å². The number of aryl methyl sites for hydroxylation is 1. The van der Waals surface area contributed by atoms with Gasteiger partial charge in [0.2, 0.25) is 0 Å². The summed E-state index contributed by atoms with van der Waals surface area (Å²) >= 11 is 0. The number of aliphatic hydroxyl groups excluding tert-OH is 1. The molecule has 0 aliphatic heterocycles. The normalized spacial score (nSPS) is 12.7. The average Bonchev–Trinajstić information content (AvgIpc) is 2.81. The molecule has 0 saturated heterocycles. The minimum Gasteiger partial charge on any atom is -0.382 e. The van der Waals surface area contributed by atoms with Gasteiger partial charge in [-0.05, 0) is 12.5 Å². The molecule has 2 aromatic heterocycles. The fourth-order valence-electron chi connectivity index (χ4n) is 1.58. The van der Waals surface area contributed by atoms with E-state index in [-0.39, 0.29) is 0 Å². The van der Waals surface area contributed by atoms with Crippen molar-refractivity contribution < 1.29 is 5.11 Å². The van der Waals surface area contributed by atoms with E-state index < -0.39 is 6.10 Å². The lowest BCUT2D eigenvalue weighted by Gasteiger charge is -2.11. The maximum Gasteiger partial charge on any atom is 0.122 e. The van der Waals surface area contributed by atoms with E-state index in [0.717, 1.165) is 17.7 Å². The van der Waals surface area contributed by atoms with Gasteiger partial charge >= 0.3 is 0 Å². The van der Waals surface area contributed by atoms with Crippen LogP contribution in [0.25, 0.3) is 0 Å². The zero-order chi connectivity index (χ0) is 10.7. The fraction of sp³-hybridized carbons (Fsp3) is 0.273. The molecule has 0 aliphatic rings. The van der Waals surface area contributed by atoms with E-state index in [2.05, 4.69) is 15.0 Å². The minimum atomic E-state index is -0.670. The molecule has 2 heterocycles. The van der Waals surface area contributed by atoms with Crippen LogP contribution in [0, 0.1) is 0 Å². The number of pyridine rings is 1. The van der Waals surface area contributed by atoms with Gasteiger partial charge in [0.15, 0.2) is 0 Å². The summed E-state index contributed by atoms with van der Waals surface area (Å²) in [5.41, 5.74) is 2.45. The number of hydrogen-bond acceptors (Lipinski definition) is 3. The van der Waals surface area contributed by atoms with Gasteiger partial charge in [0.1, 0.15) is 6.10 Å². The molecule has 4 heteroatoms. The molecule has 0 radical (unpaired) electrons. The summed E-state index contributed by atoms with van der Waals surface area (Å²) in [6, 6.07) is 3.71.